The molecule has 0 bridgehead atoms. The molecule has 0 saturated carbocycles. The lowest BCUT2D eigenvalue weighted by Crippen LogP contribution is -2.17. The van der Waals surface area contributed by atoms with Crippen molar-refractivity contribution in [1.82, 2.24) is 0 Å². The molecule has 0 heterocycles. The number of hydrogen-bond donors (Lipinski definition) is 0. The Kier molecular flexibility index (Phi) is 22.3. The van der Waals surface area contributed by atoms with Crippen LogP contribution in [0.3, 0.4) is 0 Å². The predicted molar refractivity (Wildman–Crippen MR) is 124 cm³/mol. The van der Waals surface area contributed by atoms with Crippen LogP contribution in [0.1, 0.15) is 149 Å². The van der Waals surface area contributed by atoms with E-state index in [0.29, 0.717) is 6.61 Å². The van der Waals surface area contributed by atoms with Gasteiger partial charge in [-0.15, -0.1) is 0 Å². The van der Waals surface area contributed by atoms with Crippen LogP contribution in [0.5, 0.6) is 0 Å². The van der Waals surface area contributed by atoms with Gasteiger partial charge in [0, 0.05) is 0 Å². The average Bonchev–Trinajstić information content (AvgIpc) is 2.70. The Morgan fingerprint density at radius 2 is 0.964 bits per heavy atom. The molecule has 28 heavy (non-hydrogen) atoms. The summed E-state index contributed by atoms with van der Waals surface area (Å²) in [5.41, 5.74) is 0. The summed E-state index contributed by atoms with van der Waals surface area (Å²) in [6.45, 7) is 7.23. The van der Waals surface area contributed by atoms with Gasteiger partial charge < -0.3 is 4.74 Å². The molecule has 0 rings (SSSR count). The third-order valence-electron chi connectivity index (χ3n) is 5.97. The maximum Gasteiger partial charge on any atom is 0.308 e. The highest BCUT2D eigenvalue weighted by molar-refractivity contribution is 5.72. The van der Waals surface area contributed by atoms with Gasteiger partial charge in [0.05, 0.1) is 12.5 Å². The summed E-state index contributed by atoms with van der Waals surface area (Å²) in [7, 11) is 0. The molecule has 0 amide bonds. The Bertz CT molecular complexity index is 314. The van der Waals surface area contributed by atoms with E-state index in [2.05, 4.69) is 20.8 Å². The second kappa shape index (κ2) is 22.8. The fourth-order valence-electron chi connectivity index (χ4n) is 3.89. The molecule has 0 fully saturated rings. The lowest BCUT2D eigenvalue weighted by molar-refractivity contribution is -0.149. The van der Waals surface area contributed by atoms with E-state index >= 15 is 0 Å². The van der Waals surface area contributed by atoms with E-state index in [4.69, 9.17) is 4.74 Å². The van der Waals surface area contributed by atoms with Crippen molar-refractivity contribution in [2.24, 2.45) is 5.92 Å². The van der Waals surface area contributed by atoms with E-state index < -0.39 is 0 Å². The normalized spacial score (nSPS) is 12.2. The molecule has 0 spiro atoms. The summed E-state index contributed by atoms with van der Waals surface area (Å²) in [4.78, 5) is 12.1. The minimum atomic E-state index is 0.0497. The van der Waals surface area contributed by atoms with Crippen LogP contribution in [0.25, 0.3) is 0 Å². The molecule has 0 aromatic rings. The minimum Gasteiger partial charge on any atom is -0.465 e. The number of ether oxygens (including phenoxy) is 1. The van der Waals surface area contributed by atoms with Gasteiger partial charge in [0.15, 0.2) is 0 Å². The molecule has 0 saturated heterocycles. The Morgan fingerprint density at radius 3 is 1.39 bits per heavy atom. The topological polar surface area (TPSA) is 26.3 Å². The van der Waals surface area contributed by atoms with Crippen molar-refractivity contribution in [3.8, 4) is 0 Å². The van der Waals surface area contributed by atoms with Crippen molar-refractivity contribution in [2.75, 3.05) is 6.61 Å². The van der Waals surface area contributed by atoms with E-state index in [0.717, 1.165) is 19.3 Å². The molecule has 2 nitrogen and oxygen atoms in total. The third-order valence-corrected chi connectivity index (χ3v) is 5.97. The highest BCUT2D eigenvalue weighted by atomic mass is 16.5. The molecule has 0 aliphatic carbocycles. The van der Waals surface area contributed by atoms with Crippen molar-refractivity contribution in [1.29, 1.82) is 0 Å². The van der Waals surface area contributed by atoms with E-state index in [1.54, 1.807) is 0 Å². The molecule has 0 aromatic carbocycles. The van der Waals surface area contributed by atoms with Gasteiger partial charge in [0.25, 0.3) is 0 Å². The number of carbonyl (C=O) groups excluding carboxylic acids is 1. The molecule has 0 aliphatic heterocycles. The van der Waals surface area contributed by atoms with Gasteiger partial charge in [-0.2, -0.15) is 0 Å². The van der Waals surface area contributed by atoms with Crippen LogP contribution in [-0.2, 0) is 9.53 Å². The van der Waals surface area contributed by atoms with Crippen LogP contribution in [0.15, 0.2) is 0 Å². The second-order valence-electron chi connectivity index (χ2n) is 8.72. The number of esters is 1. The van der Waals surface area contributed by atoms with E-state index in [1.165, 1.54) is 109 Å². The smallest absolute Gasteiger partial charge is 0.308 e. The summed E-state index contributed by atoms with van der Waals surface area (Å²) in [5.74, 6) is 0.178. The lowest BCUT2D eigenvalue weighted by atomic mass is 9.97. The van der Waals surface area contributed by atoms with Crippen molar-refractivity contribution in [2.45, 2.75) is 149 Å². The van der Waals surface area contributed by atoms with Gasteiger partial charge in [-0.25, -0.2) is 0 Å². The summed E-state index contributed by atoms with van der Waals surface area (Å²) < 4.78 is 5.47. The number of hydrogen-bond acceptors (Lipinski definition) is 2. The van der Waals surface area contributed by atoms with E-state index in [-0.39, 0.29) is 11.9 Å². The molecule has 168 valence electrons. The predicted octanol–water partition coefficient (Wildman–Crippen LogP) is 9.01. The van der Waals surface area contributed by atoms with E-state index in [1.807, 2.05) is 0 Å². The van der Waals surface area contributed by atoms with Gasteiger partial charge >= 0.3 is 5.97 Å². The largest absolute Gasteiger partial charge is 0.465 e. The SMILES string of the molecule is CCCCCCCCCCCCCCCCC(CC)C(=O)OCCCCCC. The molecule has 0 radical (unpaired) electrons. The highest BCUT2D eigenvalue weighted by Crippen LogP contribution is 2.18. The molecule has 0 aliphatic rings. The molecule has 0 N–H and O–H groups in total. The Balaban J connectivity index is 3.39. The first-order valence-electron chi connectivity index (χ1n) is 12.9. The Morgan fingerprint density at radius 1 is 0.571 bits per heavy atom. The number of unbranched alkanes of at least 4 members (excludes halogenated alkanes) is 16. The monoisotopic (exact) mass is 396 g/mol. The van der Waals surface area contributed by atoms with Crippen molar-refractivity contribution in [3.63, 3.8) is 0 Å². The van der Waals surface area contributed by atoms with Crippen LogP contribution in [0.4, 0.5) is 0 Å². The van der Waals surface area contributed by atoms with Gasteiger partial charge in [-0.3, -0.25) is 4.79 Å². The molecule has 2 heteroatoms. The summed E-state index contributed by atoms with van der Waals surface area (Å²) in [6.07, 6.45) is 26.0. The first-order chi connectivity index (χ1) is 13.8. The summed E-state index contributed by atoms with van der Waals surface area (Å²) in [5, 5.41) is 0. The molecule has 1 unspecified atom stereocenters. The lowest BCUT2D eigenvalue weighted by Gasteiger charge is -2.14. The zero-order chi connectivity index (χ0) is 20.7. The van der Waals surface area contributed by atoms with Gasteiger partial charge in [0.1, 0.15) is 0 Å². The van der Waals surface area contributed by atoms with Crippen LogP contribution in [-0.4, -0.2) is 12.6 Å². The van der Waals surface area contributed by atoms with Crippen molar-refractivity contribution >= 4 is 5.97 Å². The Hall–Kier alpha value is -0.530. The molecule has 0 aromatic heterocycles. The van der Waals surface area contributed by atoms with Crippen LogP contribution in [0, 0.1) is 5.92 Å². The first-order valence-corrected chi connectivity index (χ1v) is 12.9. The average molecular weight is 397 g/mol. The van der Waals surface area contributed by atoms with Crippen LogP contribution in [0.2, 0.25) is 0 Å². The molecule has 1 atom stereocenters. The van der Waals surface area contributed by atoms with Crippen LogP contribution >= 0.6 is 0 Å². The fraction of sp³-hybridized carbons (Fsp3) is 0.962. The molecular formula is C26H52O2. The number of carbonyl (C=O) groups is 1. The zero-order valence-electron chi connectivity index (χ0n) is 19.7. The van der Waals surface area contributed by atoms with Gasteiger partial charge in [-0.1, -0.05) is 130 Å². The quantitative estimate of drug-likeness (QED) is 0.135. The summed E-state index contributed by atoms with van der Waals surface area (Å²) in [6, 6.07) is 0. The Labute approximate surface area is 177 Å². The minimum absolute atomic E-state index is 0.0497. The van der Waals surface area contributed by atoms with Crippen LogP contribution < -0.4 is 0 Å². The van der Waals surface area contributed by atoms with E-state index in [9.17, 15) is 4.79 Å². The summed E-state index contributed by atoms with van der Waals surface area (Å²) >= 11 is 0. The van der Waals surface area contributed by atoms with Crippen molar-refractivity contribution in [3.05, 3.63) is 0 Å². The maximum atomic E-state index is 12.1. The first kappa shape index (κ1) is 27.5. The van der Waals surface area contributed by atoms with Crippen molar-refractivity contribution < 1.29 is 9.53 Å². The standard InChI is InChI=1S/C26H52O2/c1-4-7-9-11-12-13-14-15-16-17-18-19-20-21-23-25(6-3)26(27)28-24-22-10-8-5-2/h25H,4-24H2,1-3H3. The maximum absolute atomic E-state index is 12.1. The van der Waals surface area contributed by atoms with Gasteiger partial charge in [0.2, 0.25) is 0 Å². The fourth-order valence-corrected chi connectivity index (χ4v) is 3.89. The third kappa shape index (κ3) is 18.8. The molecular weight excluding hydrogens is 344 g/mol. The highest BCUT2D eigenvalue weighted by Gasteiger charge is 2.17. The number of rotatable bonds is 22. The van der Waals surface area contributed by atoms with Gasteiger partial charge in [-0.05, 0) is 19.3 Å². The second-order valence-corrected chi connectivity index (χ2v) is 8.72. The zero-order valence-corrected chi connectivity index (χ0v) is 19.7.